The Bertz CT molecular complexity index is 329. The van der Waals surface area contributed by atoms with E-state index < -0.39 is 6.04 Å². The highest BCUT2D eigenvalue weighted by molar-refractivity contribution is 7.12. The first-order valence-electron chi connectivity index (χ1n) is 4.32. The molecular weight excluding hydrogens is 238 g/mol. The van der Waals surface area contributed by atoms with Crippen molar-refractivity contribution in [3.05, 3.63) is 21.3 Å². The molecule has 0 saturated heterocycles. The van der Waals surface area contributed by atoms with Crippen LogP contribution >= 0.6 is 22.9 Å². The zero-order valence-electron chi connectivity index (χ0n) is 8.20. The molecule has 15 heavy (non-hydrogen) atoms. The summed E-state index contributed by atoms with van der Waals surface area (Å²) < 4.78 is 4.84. The quantitative estimate of drug-likeness (QED) is 0.823. The lowest BCUT2D eigenvalue weighted by molar-refractivity contribution is 0.0843. The third-order valence-electron chi connectivity index (χ3n) is 1.75. The van der Waals surface area contributed by atoms with Crippen molar-refractivity contribution in [2.24, 2.45) is 0 Å². The second-order valence-electron chi connectivity index (χ2n) is 2.91. The lowest BCUT2D eigenvalue weighted by Gasteiger charge is -2.14. The molecule has 1 atom stereocenters. The molecule has 2 N–H and O–H groups in total. The summed E-state index contributed by atoms with van der Waals surface area (Å²) in [6, 6.07) is 1.26. The Morgan fingerprint density at radius 1 is 1.80 bits per heavy atom. The first kappa shape index (κ1) is 12.4. The Balaban J connectivity index is 2.58. The van der Waals surface area contributed by atoms with E-state index in [2.05, 4.69) is 5.32 Å². The summed E-state index contributed by atoms with van der Waals surface area (Å²) in [5.74, 6) is -0.286. The number of methoxy groups -OCH3 is 1. The molecule has 1 heterocycles. The lowest BCUT2D eigenvalue weighted by Crippen LogP contribution is -2.40. The van der Waals surface area contributed by atoms with E-state index in [-0.39, 0.29) is 19.1 Å². The van der Waals surface area contributed by atoms with E-state index >= 15 is 0 Å². The SMILES string of the molecule is COCC(CO)NC(=O)c1sccc1Cl. The number of halogens is 1. The van der Waals surface area contributed by atoms with Crippen LogP contribution < -0.4 is 5.32 Å². The van der Waals surface area contributed by atoms with Crippen molar-refractivity contribution in [2.45, 2.75) is 6.04 Å². The standard InChI is InChI=1S/C9H12ClNO3S/c1-14-5-6(4-12)11-9(13)8-7(10)2-3-15-8/h2-3,6,12H,4-5H2,1H3,(H,11,13). The average molecular weight is 250 g/mol. The monoisotopic (exact) mass is 249 g/mol. The number of amides is 1. The molecular formula is C9H12ClNO3S. The first-order chi connectivity index (χ1) is 7.19. The van der Waals surface area contributed by atoms with Crippen molar-refractivity contribution >= 4 is 28.8 Å². The van der Waals surface area contributed by atoms with E-state index in [0.717, 1.165) is 0 Å². The molecule has 4 nitrogen and oxygen atoms in total. The maximum atomic E-state index is 11.6. The van der Waals surface area contributed by atoms with Crippen molar-refractivity contribution in [3.8, 4) is 0 Å². The van der Waals surface area contributed by atoms with E-state index in [1.807, 2.05) is 0 Å². The van der Waals surface area contributed by atoms with Crippen LogP contribution in [0, 0.1) is 0 Å². The van der Waals surface area contributed by atoms with Gasteiger partial charge in [0.25, 0.3) is 5.91 Å². The van der Waals surface area contributed by atoms with Gasteiger partial charge in [0, 0.05) is 7.11 Å². The molecule has 0 aromatic carbocycles. The number of aliphatic hydroxyl groups excluding tert-OH is 1. The molecule has 0 bridgehead atoms. The van der Waals surface area contributed by atoms with Crippen LogP contribution in [0.5, 0.6) is 0 Å². The molecule has 84 valence electrons. The van der Waals surface area contributed by atoms with Crippen LogP contribution in [0.4, 0.5) is 0 Å². The van der Waals surface area contributed by atoms with E-state index in [4.69, 9.17) is 21.4 Å². The summed E-state index contributed by atoms with van der Waals surface area (Å²) in [5, 5.41) is 13.7. The minimum Gasteiger partial charge on any atom is -0.394 e. The smallest absolute Gasteiger partial charge is 0.263 e. The van der Waals surface area contributed by atoms with Crippen molar-refractivity contribution in [3.63, 3.8) is 0 Å². The van der Waals surface area contributed by atoms with Gasteiger partial charge in [-0.05, 0) is 11.4 Å². The Morgan fingerprint density at radius 3 is 3.00 bits per heavy atom. The van der Waals surface area contributed by atoms with Gasteiger partial charge in [-0.2, -0.15) is 0 Å². The Labute approximate surface area is 96.8 Å². The Kier molecular flexibility index (Phi) is 5.04. The average Bonchev–Trinajstić information content (AvgIpc) is 2.63. The van der Waals surface area contributed by atoms with Crippen molar-refractivity contribution in [1.82, 2.24) is 5.32 Å². The predicted octanol–water partition coefficient (Wildman–Crippen LogP) is 1.14. The molecule has 0 fully saturated rings. The highest BCUT2D eigenvalue weighted by atomic mass is 35.5. The van der Waals surface area contributed by atoms with E-state index in [1.54, 1.807) is 11.4 Å². The molecule has 0 aliphatic rings. The van der Waals surface area contributed by atoms with Crippen LogP contribution in [0.1, 0.15) is 9.67 Å². The Hall–Kier alpha value is -0.620. The number of thiophene rings is 1. The van der Waals surface area contributed by atoms with Crippen LogP contribution in [0.25, 0.3) is 0 Å². The maximum absolute atomic E-state index is 11.6. The Morgan fingerprint density at radius 2 is 2.53 bits per heavy atom. The third-order valence-corrected chi connectivity index (χ3v) is 3.09. The van der Waals surface area contributed by atoms with Crippen molar-refractivity contribution < 1.29 is 14.6 Å². The second-order valence-corrected chi connectivity index (χ2v) is 4.23. The molecule has 1 unspecified atom stereocenters. The molecule has 1 aromatic rings. The fraction of sp³-hybridized carbons (Fsp3) is 0.444. The summed E-state index contributed by atoms with van der Waals surface area (Å²) in [5.41, 5.74) is 0. The number of hydrogen-bond donors (Lipinski definition) is 2. The summed E-state index contributed by atoms with van der Waals surface area (Å²) in [7, 11) is 1.51. The highest BCUT2D eigenvalue weighted by Gasteiger charge is 2.16. The van der Waals surface area contributed by atoms with Gasteiger partial charge in [0.1, 0.15) is 4.88 Å². The van der Waals surface area contributed by atoms with Crippen LogP contribution in [0.15, 0.2) is 11.4 Å². The number of carbonyl (C=O) groups is 1. The second kappa shape index (κ2) is 6.07. The van der Waals surface area contributed by atoms with Gasteiger partial charge in [-0.25, -0.2) is 0 Å². The molecule has 0 radical (unpaired) electrons. The van der Waals surface area contributed by atoms with Crippen molar-refractivity contribution in [2.75, 3.05) is 20.3 Å². The van der Waals surface area contributed by atoms with Gasteiger partial charge in [-0.3, -0.25) is 4.79 Å². The van der Waals surface area contributed by atoms with Crippen LogP contribution in [0.2, 0.25) is 5.02 Å². The largest absolute Gasteiger partial charge is 0.394 e. The molecule has 1 amide bonds. The number of rotatable bonds is 5. The number of hydrogen-bond acceptors (Lipinski definition) is 4. The molecule has 0 aliphatic heterocycles. The van der Waals surface area contributed by atoms with Gasteiger partial charge in [-0.1, -0.05) is 11.6 Å². The lowest BCUT2D eigenvalue weighted by atomic mass is 10.3. The maximum Gasteiger partial charge on any atom is 0.263 e. The fourth-order valence-corrected chi connectivity index (χ4v) is 2.09. The van der Waals surface area contributed by atoms with Gasteiger partial charge < -0.3 is 15.2 Å². The van der Waals surface area contributed by atoms with E-state index in [9.17, 15) is 4.79 Å². The number of ether oxygens (including phenoxy) is 1. The zero-order chi connectivity index (χ0) is 11.3. The minimum atomic E-state index is -0.402. The van der Waals surface area contributed by atoms with E-state index in [1.165, 1.54) is 18.4 Å². The number of aliphatic hydroxyl groups is 1. The third kappa shape index (κ3) is 3.46. The first-order valence-corrected chi connectivity index (χ1v) is 5.58. The molecule has 6 heteroatoms. The van der Waals surface area contributed by atoms with E-state index in [0.29, 0.717) is 9.90 Å². The number of carbonyl (C=O) groups excluding carboxylic acids is 1. The van der Waals surface area contributed by atoms with Crippen LogP contribution in [-0.2, 0) is 4.74 Å². The van der Waals surface area contributed by atoms with Gasteiger partial charge in [0.05, 0.1) is 24.3 Å². The molecule has 0 spiro atoms. The van der Waals surface area contributed by atoms with Gasteiger partial charge >= 0.3 is 0 Å². The van der Waals surface area contributed by atoms with Crippen molar-refractivity contribution in [1.29, 1.82) is 0 Å². The summed E-state index contributed by atoms with van der Waals surface area (Å²) in [4.78, 5) is 12.1. The molecule has 1 rings (SSSR count). The van der Waals surface area contributed by atoms with Gasteiger partial charge in [0.2, 0.25) is 0 Å². The normalized spacial score (nSPS) is 12.5. The van der Waals surface area contributed by atoms with Crippen LogP contribution in [0.3, 0.4) is 0 Å². The van der Waals surface area contributed by atoms with Gasteiger partial charge in [0.15, 0.2) is 0 Å². The van der Waals surface area contributed by atoms with Gasteiger partial charge in [-0.15, -0.1) is 11.3 Å². The van der Waals surface area contributed by atoms with Crippen LogP contribution in [-0.4, -0.2) is 37.4 Å². The summed E-state index contributed by atoms with van der Waals surface area (Å²) >= 11 is 7.06. The minimum absolute atomic E-state index is 0.164. The zero-order valence-corrected chi connectivity index (χ0v) is 9.77. The predicted molar refractivity (Wildman–Crippen MR) is 59.5 cm³/mol. The molecule has 0 saturated carbocycles. The molecule has 1 aromatic heterocycles. The highest BCUT2D eigenvalue weighted by Crippen LogP contribution is 2.21. The summed E-state index contributed by atoms with van der Waals surface area (Å²) in [6.45, 7) is 0.105. The fourth-order valence-electron chi connectivity index (χ4n) is 1.05. The topological polar surface area (TPSA) is 58.6 Å². The number of nitrogens with one attached hydrogen (secondary N) is 1. The summed E-state index contributed by atoms with van der Waals surface area (Å²) in [6.07, 6.45) is 0. The molecule has 0 aliphatic carbocycles.